The lowest BCUT2D eigenvalue weighted by atomic mass is 9.72. The van der Waals surface area contributed by atoms with Crippen LogP contribution in [0.5, 0.6) is 0 Å². The Morgan fingerprint density at radius 3 is 2.38 bits per heavy atom. The minimum atomic E-state index is -3.63. The number of sulfonamides is 1. The molecule has 6 heteroatoms. The molecule has 0 bridgehead atoms. The first-order valence-corrected chi connectivity index (χ1v) is 11.9. The third-order valence-electron chi connectivity index (χ3n) is 6.44. The van der Waals surface area contributed by atoms with Gasteiger partial charge in [0.1, 0.15) is 0 Å². The van der Waals surface area contributed by atoms with Gasteiger partial charge < -0.3 is 4.90 Å². The van der Waals surface area contributed by atoms with Crippen LogP contribution in [-0.4, -0.2) is 31.8 Å². The van der Waals surface area contributed by atoms with Crippen LogP contribution in [0.3, 0.4) is 0 Å². The summed E-state index contributed by atoms with van der Waals surface area (Å²) in [6.45, 7) is 3.13. The third kappa shape index (κ3) is 4.17. The van der Waals surface area contributed by atoms with Crippen LogP contribution >= 0.6 is 0 Å². The van der Waals surface area contributed by atoms with Crippen LogP contribution in [0.15, 0.2) is 59.5 Å². The monoisotopic (exact) mass is 412 g/mol. The number of nitrogens with zero attached hydrogens (tertiary/aromatic N) is 1. The molecular formula is C23H28N2O3S. The van der Waals surface area contributed by atoms with Gasteiger partial charge in [-0.15, -0.1) is 0 Å². The van der Waals surface area contributed by atoms with Gasteiger partial charge in [-0.3, -0.25) is 9.52 Å². The second-order valence-corrected chi connectivity index (χ2v) is 9.96. The summed E-state index contributed by atoms with van der Waals surface area (Å²) in [6, 6.07) is 15.4. The molecule has 1 N–H and O–H groups in total. The first-order valence-electron chi connectivity index (χ1n) is 10.4. The Balaban J connectivity index is 1.48. The van der Waals surface area contributed by atoms with Crippen molar-refractivity contribution in [2.24, 2.45) is 11.8 Å². The van der Waals surface area contributed by atoms with E-state index in [-0.39, 0.29) is 10.8 Å². The molecule has 3 atom stereocenters. The van der Waals surface area contributed by atoms with Gasteiger partial charge in [0, 0.05) is 23.8 Å². The van der Waals surface area contributed by atoms with Crippen molar-refractivity contribution < 1.29 is 13.2 Å². The number of fused-ring (bicyclic) bond motifs is 1. The molecule has 154 valence electrons. The van der Waals surface area contributed by atoms with Crippen molar-refractivity contribution in [2.75, 3.05) is 11.3 Å². The van der Waals surface area contributed by atoms with Crippen LogP contribution < -0.4 is 4.72 Å². The standard InChI is InChI=1S/C23H28N2O3S/c1-17-15-16-25(22-10-6-5-9-21(17)22)23(26)18-11-13-19(14-12-18)24-29(27,28)20-7-3-2-4-8-20/h2-4,7-8,11-14,17,21-22,24H,5-6,9-10,15-16H2,1H3/t17-,21+,22-/m1/s1. The summed E-state index contributed by atoms with van der Waals surface area (Å²) in [4.78, 5) is 15.4. The van der Waals surface area contributed by atoms with Crippen molar-refractivity contribution in [3.05, 3.63) is 60.2 Å². The lowest BCUT2D eigenvalue weighted by molar-refractivity contribution is 0.0218. The van der Waals surface area contributed by atoms with Gasteiger partial charge in [0.25, 0.3) is 15.9 Å². The van der Waals surface area contributed by atoms with E-state index in [4.69, 9.17) is 0 Å². The molecule has 1 heterocycles. The van der Waals surface area contributed by atoms with E-state index in [0.717, 1.165) is 19.4 Å². The average molecular weight is 413 g/mol. The molecule has 5 nitrogen and oxygen atoms in total. The molecule has 2 aromatic carbocycles. The maximum atomic E-state index is 13.2. The highest BCUT2D eigenvalue weighted by Gasteiger charge is 2.39. The van der Waals surface area contributed by atoms with Crippen molar-refractivity contribution in [1.29, 1.82) is 0 Å². The van der Waals surface area contributed by atoms with Gasteiger partial charge in [-0.1, -0.05) is 38.0 Å². The Hall–Kier alpha value is -2.34. The van der Waals surface area contributed by atoms with Crippen LogP contribution in [0, 0.1) is 11.8 Å². The van der Waals surface area contributed by atoms with E-state index in [1.165, 1.54) is 19.3 Å². The van der Waals surface area contributed by atoms with E-state index in [2.05, 4.69) is 16.5 Å². The van der Waals surface area contributed by atoms with Gasteiger partial charge in [0.15, 0.2) is 0 Å². The zero-order valence-electron chi connectivity index (χ0n) is 16.8. The highest BCUT2D eigenvalue weighted by atomic mass is 32.2. The summed E-state index contributed by atoms with van der Waals surface area (Å²) >= 11 is 0. The molecule has 1 saturated heterocycles. The largest absolute Gasteiger partial charge is 0.335 e. The summed E-state index contributed by atoms with van der Waals surface area (Å²) in [5.74, 6) is 1.35. The van der Waals surface area contributed by atoms with Crippen LogP contribution in [0.2, 0.25) is 0 Å². The molecular weight excluding hydrogens is 384 g/mol. The smallest absolute Gasteiger partial charge is 0.261 e. The Morgan fingerprint density at radius 2 is 1.66 bits per heavy atom. The lowest BCUT2D eigenvalue weighted by Gasteiger charge is -2.47. The van der Waals surface area contributed by atoms with Crippen LogP contribution in [-0.2, 0) is 10.0 Å². The van der Waals surface area contributed by atoms with E-state index in [1.807, 2.05) is 0 Å². The summed E-state index contributed by atoms with van der Waals surface area (Å²) in [6.07, 6.45) is 5.83. The quantitative estimate of drug-likeness (QED) is 0.802. The van der Waals surface area contributed by atoms with Crippen molar-refractivity contribution in [3.63, 3.8) is 0 Å². The number of likely N-dealkylation sites (tertiary alicyclic amines) is 1. The molecule has 1 aliphatic heterocycles. The predicted molar refractivity (Wildman–Crippen MR) is 114 cm³/mol. The van der Waals surface area contributed by atoms with Crippen LogP contribution in [0.25, 0.3) is 0 Å². The highest BCUT2D eigenvalue weighted by Crippen LogP contribution is 2.39. The first-order chi connectivity index (χ1) is 14.0. The number of carbonyl (C=O) groups excluding carboxylic acids is 1. The van der Waals surface area contributed by atoms with E-state index >= 15 is 0 Å². The van der Waals surface area contributed by atoms with Gasteiger partial charge in [0.2, 0.25) is 0 Å². The molecule has 2 aliphatic rings. The topological polar surface area (TPSA) is 66.5 Å². The van der Waals surface area contributed by atoms with Gasteiger partial charge in [-0.25, -0.2) is 8.42 Å². The van der Waals surface area contributed by atoms with Gasteiger partial charge in [0.05, 0.1) is 4.90 Å². The number of hydrogen-bond donors (Lipinski definition) is 1. The second kappa shape index (κ2) is 8.19. The fourth-order valence-corrected chi connectivity index (χ4v) is 5.91. The number of benzene rings is 2. The number of hydrogen-bond acceptors (Lipinski definition) is 3. The van der Waals surface area contributed by atoms with E-state index in [1.54, 1.807) is 54.6 Å². The van der Waals surface area contributed by atoms with Crippen molar-refractivity contribution in [1.82, 2.24) is 4.90 Å². The van der Waals surface area contributed by atoms with Gasteiger partial charge >= 0.3 is 0 Å². The zero-order chi connectivity index (χ0) is 20.4. The number of piperidine rings is 1. The predicted octanol–water partition coefficient (Wildman–Crippen LogP) is 4.53. The molecule has 29 heavy (non-hydrogen) atoms. The number of carbonyl (C=O) groups is 1. The molecule has 2 fully saturated rings. The Morgan fingerprint density at radius 1 is 0.966 bits per heavy atom. The van der Waals surface area contributed by atoms with Crippen molar-refractivity contribution in [3.8, 4) is 0 Å². The first kappa shape index (κ1) is 20.0. The summed E-state index contributed by atoms with van der Waals surface area (Å²) < 4.78 is 27.5. The fourth-order valence-electron chi connectivity index (χ4n) is 4.83. The molecule has 4 rings (SSSR count). The van der Waals surface area contributed by atoms with Crippen molar-refractivity contribution in [2.45, 2.75) is 50.0 Å². The van der Waals surface area contributed by atoms with E-state index in [0.29, 0.717) is 29.1 Å². The molecule has 2 aromatic rings. The maximum Gasteiger partial charge on any atom is 0.261 e. The summed E-state index contributed by atoms with van der Waals surface area (Å²) in [7, 11) is -3.63. The summed E-state index contributed by atoms with van der Waals surface area (Å²) in [5, 5.41) is 0. The van der Waals surface area contributed by atoms with E-state index < -0.39 is 10.0 Å². The second-order valence-electron chi connectivity index (χ2n) is 8.28. The molecule has 1 saturated carbocycles. The van der Waals surface area contributed by atoms with Gasteiger partial charge in [-0.05, 0) is 67.5 Å². The van der Waals surface area contributed by atoms with E-state index in [9.17, 15) is 13.2 Å². The molecule has 0 aromatic heterocycles. The SMILES string of the molecule is C[C@@H]1CCN(C(=O)c2ccc(NS(=O)(=O)c3ccccc3)cc2)[C@@H]2CCCC[C@@H]12. The van der Waals surface area contributed by atoms with Crippen molar-refractivity contribution >= 4 is 21.6 Å². The molecule has 1 amide bonds. The molecule has 0 spiro atoms. The Labute approximate surface area is 173 Å². The fraction of sp³-hybridized carbons (Fsp3) is 0.435. The minimum Gasteiger partial charge on any atom is -0.335 e. The molecule has 0 radical (unpaired) electrons. The summed E-state index contributed by atoms with van der Waals surface area (Å²) in [5.41, 5.74) is 1.07. The Kier molecular flexibility index (Phi) is 5.63. The average Bonchev–Trinajstić information content (AvgIpc) is 2.75. The third-order valence-corrected chi connectivity index (χ3v) is 7.83. The number of rotatable bonds is 4. The number of amides is 1. The zero-order valence-corrected chi connectivity index (χ0v) is 17.6. The molecule has 0 unspecified atom stereocenters. The lowest BCUT2D eigenvalue weighted by Crippen LogP contribution is -2.52. The van der Waals surface area contributed by atoms with Gasteiger partial charge in [-0.2, -0.15) is 0 Å². The Bertz CT molecular complexity index is 957. The molecule has 1 aliphatic carbocycles. The normalized spacial score (nSPS) is 24.6. The minimum absolute atomic E-state index is 0.0614. The van der Waals surface area contributed by atoms with Crippen LogP contribution in [0.1, 0.15) is 49.4 Å². The highest BCUT2D eigenvalue weighted by molar-refractivity contribution is 7.92. The number of anilines is 1. The maximum absolute atomic E-state index is 13.2. The number of nitrogens with one attached hydrogen (secondary N) is 1. The van der Waals surface area contributed by atoms with Crippen LogP contribution in [0.4, 0.5) is 5.69 Å².